The predicted octanol–water partition coefficient (Wildman–Crippen LogP) is 3.15. The molecule has 0 saturated carbocycles. The summed E-state index contributed by atoms with van der Waals surface area (Å²) in [6.45, 7) is 4.17. The van der Waals surface area contributed by atoms with Gasteiger partial charge < -0.3 is 9.15 Å². The molecular weight excluding hydrogens is 204 g/mol. The predicted molar refractivity (Wildman–Crippen MR) is 60.3 cm³/mol. The highest BCUT2D eigenvalue weighted by atomic mass is 16.5. The molecule has 1 aliphatic rings. The van der Waals surface area contributed by atoms with E-state index in [1.165, 1.54) is 0 Å². The quantitative estimate of drug-likeness (QED) is 0.578. The van der Waals surface area contributed by atoms with Gasteiger partial charge in [-0.1, -0.05) is 13.8 Å². The van der Waals surface area contributed by atoms with E-state index in [-0.39, 0.29) is 5.97 Å². The third-order valence-electron chi connectivity index (χ3n) is 2.23. The van der Waals surface area contributed by atoms with Crippen molar-refractivity contribution in [2.75, 3.05) is 0 Å². The van der Waals surface area contributed by atoms with Gasteiger partial charge in [0.15, 0.2) is 0 Å². The summed E-state index contributed by atoms with van der Waals surface area (Å²) in [7, 11) is 0. The molecule has 84 valence electrons. The summed E-state index contributed by atoms with van der Waals surface area (Å²) in [6.07, 6.45) is 5.83. The molecule has 0 N–H and O–H groups in total. The maximum Gasteiger partial charge on any atom is 0.343 e. The molecule has 0 radical (unpaired) electrons. The van der Waals surface area contributed by atoms with Gasteiger partial charge in [0, 0.05) is 6.42 Å². The second-order valence-electron chi connectivity index (χ2n) is 4.21. The van der Waals surface area contributed by atoms with Crippen molar-refractivity contribution in [1.29, 1.82) is 0 Å². The van der Waals surface area contributed by atoms with Gasteiger partial charge >= 0.3 is 5.97 Å². The number of ether oxygens (including phenoxy) is 1. The zero-order valence-electron chi connectivity index (χ0n) is 9.40. The van der Waals surface area contributed by atoms with E-state index in [2.05, 4.69) is 13.8 Å². The highest BCUT2D eigenvalue weighted by Gasteiger charge is 2.21. The van der Waals surface area contributed by atoms with Gasteiger partial charge in [-0.2, -0.15) is 0 Å². The Balaban J connectivity index is 2.17. The van der Waals surface area contributed by atoms with Crippen LogP contribution in [0.25, 0.3) is 6.08 Å². The van der Waals surface area contributed by atoms with Crippen LogP contribution in [0.1, 0.15) is 26.0 Å². The van der Waals surface area contributed by atoms with Crippen LogP contribution in [-0.4, -0.2) is 5.97 Å². The second-order valence-corrected chi connectivity index (χ2v) is 4.21. The number of carbonyl (C=O) groups excluding carboxylic acids is 1. The third kappa shape index (κ3) is 2.42. The lowest BCUT2D eigenvalue weighted by Gasteiger charge is -2.03. The Morgan fingerprint density at radius 2 is 2.25 bits per heavy atom. The van der Waals surface area contributed by atoms with Crippen molar-refractivity contribution in [3.8, 4) is 0 Å². The maximum atomic E-state index is 11.5. The van der Waals surface area contributed by atoms with Gasteiger partial charge in [0.1, 0.15) is 11.5 Å². The molecule has 0 aliphatic carbocycles. The Kier molecular flexibility index (Phi) is 2.95. The van der Waals surface area contributed by atoms with Crippen molar-refractivity contribution in [3.05, 3.63) is 41.6 Å². The molecule has 0 fully saturated rings. The molecule has 0 unspecified atom stereocenters. The molecule has 0 saturated heterocycles. The fourth-order valence-corrected chi connectivity index (χ4v) is 1.57. The fraction of sp³-hybridized carbons (Fsp3) is 0.308. The summed E-state index contributed by atoms with van der Waals surface area (Å²) in [5.41, 5.74) is 0.547. The van der Waals surface area contributed by atoms with Crippen molar-refractivity contribution in [3.63, 3.8) is 0 Å². The van der Waals surface area contributed by atoms with Crippen LogP contribution in [0.3, 0.4) is 0 Å². The first-order valence-electron chi connectivity index (χ1n) is 5.33. The van der Waals surface area contributed by atoms with Crippen LogP contribution >= 0.6 is 0 Å². The standard InChI is InChI=1S/C13H14O3/c1-9(2)6-12-8-10(13(14)16-12)7-11-4-3-5-15-11/h3-5,7-9H,6H2,1-2H3/b10-7-. The Bertz CT molecular complexity index is 436. The van der Waals surface area contributed by atoms with E-state index in [4.69, 9.17) is 9.15 Å². The van der Waals surface area contributed by atoms with Crippen LogP contribution in [0.15, 0.2) is 40.2 Å². The normalized spacial score (nSPS) is 18.1. The lowest BCUT2D eigenvalue weighted by atomic mass is 10.1. The molecule has 1 aliphatic heterocycles. The molecule has 16 heavy (non-hydrogen) atoms. The van der Waals surface area contributed by atoms with Gasteiger partial charge in [0.2, 0.25) is 0 Å². The van der Waals surface area contributed by atoms with Gasteiger partial charge in [-0.15, -0.1) is 0 Å². The smallest absolute Gasteiger partial charge is 0.343 e. The van der Waals surface area contributed by atoms with E-state index in [0.29, 0.717) is 17.3 Å². The number of hydrogen-bond donors (Lipinski definition) is 0. The van der Waals surface area contributed by atoms with Crippen LogP contribution < -0.4 is 0 Å². The second kappa shape index (κ2) is 4.39. The molecule has 2 heterocycles. The third-order valence-corrected chi connectivity index (χ3v) is 2.23. The first-order chi connectivity index (χ1) is 7.65. The topological polar surface area (TPSA) is 39.4 Å². The number of cyclic esters (lactones) is 1. The number of esters is 1. The summed E-state index contributed by atoms with van der Waals surface area (Å²) in [5, 5.41) is 0. The molecule has 2 rings (SSSR count). The highest BCUT2D eigenvalue weighted by molar-refractivity contribution is 5.99. The molecule has 3 nitrogen and oxygen atoms in total. The largest absolute Gasteiger partial charge is 0.465 e. The lowest BCUT2D eigenvalue weighted by Crippen LogP contribution is -1.98. The minimum Gasteiger partial charge on any atom is -0.465 e. The van der Waals surface area contributed by atoms with Gasteiger partial charge in [0.25, 0.3) is 0 Å². The van der Waals surface area contributed by atoms with Gasteiger partial charge in [0.05, 0.1) is 11.8 Å². The Hall–Kier alpha value is -1.77. The van der Waals surface area contributed by atoms with Crippen molar-refractivity contribution >= 4 is 12.0 Å². The summed E-state index contributed by atoms with van der Waals surface area (Å²) in [4.78, 5) is 11.5. The van der Waals surface area contributed by atoms with E-state index in [1.54, 1.807) is 30.5 Å². The molecular formula is C13H14O3. The summed E-state index contributed by atoms with van der Waals surface area (Å²) in [5.74, 6) is 1.57. The fourth-order valence-electron chi connectivity index (χ4n) is 1.57. The average molecular weight is 218 g/mol. The number of allylic oxidation sites excluding steroid dienone is 1. The molecule has 0 atom stereocenters. The molecule has 0 aromatic carbocycles. The van der Waals surface area contributed by atoms with E-state index < -0.39 is 0 Å². The average Bonchev–Trinajstić information content (AvgIpc) is 2.77. The summed E-state index contributed by atoms with van der Waals surface area (Å²) in [6, 6.07) is 3.58. The Labute approximate surface area is 94.4 Å². The lowest BCUT2D eigenvalue weighted by molar-refractivity contribution is -0.133. The van der Waals surface area contributed by atoms with Crippen LogP contribution in [0, 0.1) is 5.92 Å². The summed E-state index contributed by atoms with van der Waals surface area (Å²) >= 11 is 0. The molecule has 1 aromatic rings. The van der Waals surface area contributed by atoms with Gasteiger partial charge in [-0.25, -0.2) is 4.79 Å². The minimum atomic E-state index is -0.299. The van der Waals surface area contributed by atoms with Crippen molar-refractivity contribution in [2.24, 2.45) is 5.92 Å². The summed E-state index contributed by atoms with van der Waals surface area (Å²) < 4.78 is 10.3. The van der Waals surface area contributed by atoms with Crippen LogP contribution in [0.2, 0.25) is 0 Å². The molecule has 1 aromatic heterocycles. The van der Waals surface area contributed by atoms with Crippen LogP contribution in [0.4, 0.5) is 0 Å². The SMILES string of the molecule is CC(C)CC1=C/C(=C/c2ccco2)C(=O)O1. The monoisotopic (exact) mass is 218 g/mol. The molecule has 0 bridgehead atoms. The van der Waals surface area contributed by atoms with E-state index >= 15 is 0 Å². The van der Waals surface area contributed by atoms with E-state index in [9.17, 15) is 4.79 Å². The molecule has 0 spiro atoms. The Morgan fingerprint density at radius 1 is 1.44 bits per heavy atom. The van der Waals surface area contributed by atoms with Crippen LogP contribution in [-0.2, 0) is 9.53 Å². The van der Waals surface area contributed by atoms with E-state index in [1.807, 2.05) is 0 Å². The highest BCUT2D eigenvalue weighted by Crippen LogP contribution is 2.24. The first kappa shape index (κ1) is 10.7. The first-order valence-corrected chi connectivity index (χ1v) is 5.33. The zero-order chi connectivity index (χ0) is 11.5. The van der Waals surface area contributed by atoms with Gasteiger partial charge in [-0.05, 0) is 30.2 Å². The molecule has 0 amide bonds. The van der Waals surface area contributed by atoms with Crippen molar-refractivity contribution in [2.45, 2.75) is 20.3 Å². The zero-order valence-corrected chi connectivity index (χ0v) is 9.40. The molecule has 3 heteroatoms. The van der Waals surface area contributed by atoms with Gasteiger partial charge in [-0.3, -0.25) is 0 Å². The number of carbonyl (C=O) groups is 1. The number of rotatable bonds is 3. The Morgan fingerprint density at radius 3 is 2.88 bits per heavy atom. The van der Waals surface area contributed by atoms with Crippen molar-refractivity contribution < 1.29 is 13.9 Å². The van der Waals surface area contributed by atoms with Crippen molar-refractivity contribution in [1.82, 2.24) is 0 Å². The number of hydrogen-bond acceptors (Lipinski definition) is 3. The van der Waals surface area contributed by atoms with Crippen LogP contribution in [0.5, 0.6) is 0 Å². The van der Waals surface area contributed by atoms with E-state index in [0.717, 1.165) is 12.2 Å². The number of furan rings is 1. The minimum absolute atomic E-state index is 0.299. The maximum absolute atomic E-state index is 11.5.